The molecule has 16 heavy (non-hydrogen) atoms. The first-order chi connectivity index (χ1) is 7.69. The minimum Gasteiger partial charge on any atom is -0.393 e. The number of aromatic amines is 1. The molecule has 7 heteroatoms. The Bertz CT molecular complexity index is 469. The molecule has 0 unspecified atom stereocenters. The number of nitrogens with zero attached hydrogens (tertiary/aromatic N) is 1. The average molecular weight is 244 g/mol. The molecule has 2 N–H and O–H groups in total. The van der Waals surface area contributed by atoms with Gasteiger partial charge < -0.3 is 9.84 Å². The van der Waals surface area contributed by atoms with Gasteiger partial charge in [-0.3, -0.25) is 14.3 Å². The lowest BCUT2D eigenvalue weighted by Crippen LogP contribution is -2.33. The van der Waals surface area contributed by atoms with Crippen LogP contribution in [-0.2, 0) is 11.3 Å². The molecule has 1 fully saturated rings. The van der Waals surface area contributed by atoms with E-state index in [1.165, 1.54) is 28.6 Å². The zero-order chi connectivity index (χ0) is 11.5. The van der Waals surface area contributed by atoms with Crippen LogP contribution in [-0.4, -0.2) is 38.6 Å². The summed E-state index contributed by atoms with van der Waals surface area (Å²) in [4.78, 5) is 24.4. The Balaban J connectivity index is 2.05. The van der Waals surface area contributed by atoms with Crippen molar-refractivity contribution < 1.29 is 9.84 Å². The lowest BCUT2D eigenvalue weighted by molar-refractivity contribution is 0.0261. The summed E-state index contributed by atoms with van der Waals surface area (Å²) in [5, 5.41) is 8.88. The number of hydrogen-bond donors (Lipinski definition) is 2. The van der Waals surface area contributed by atoms with Gasteiger partial charge in [0.2, 0.25) is 0 Å². The zero-order valence-corrected chi connectivity index (χ0v) is 9.27. The van der Waals surface area contributed by atoms with E-state index in [2.05, 4.69) is 4.98 Å². The Labute approximate surface area is 95.3 Å². The van der Waals surface area contributed by atoms with Crippen molar-refractivity contribution in [1.82, 2.24) is 9.55 Å². The van der Waals surface area contributed by atoms with Gasteiger partial charge in [0, 0.05) is 18.0 Å². The quantitative estimate of drug-likeness (QED) is 0.711. The molecule has 1 aromatic rings. The largest absolute Gasteiger partial charge is 0.393 e. The van der Waals surface area contributed by atoms with E-state index in [1.54, 1.807) is 0 Å². The number of ether oxygens (including phenoxy) is 1. The first kappa shape index (κ1) is 11.4. The van der Waals surface area contributed by atoms with Crippen LogP contribution in [0, 0.1) is 0 Å². The molecule has 2 atom stereocenters. The van der Waals surface area contributed by atoms with E-state index in [0.29, 0.717) is 6.54 Å². The SMILES string of the molecule is O=c1ccn(C[C@@H]2CS[C@H](CO)O2)c(=O)[nH]1. The predicted octanol–water partition coefficient (Wildman–Crippen LogP) is -1.01. The number of H-pyrrole nitrogens is 1. The van der Waals surface area contributed by atoms with E-state index in [1.807, 2.05) is 0 Å². The molecule has 1 aliphatic heterocycles. The normalized spacial score (nSPS) is 24.8. The molecular formula is C9H12N2O4S. The summed E-state index contributed by atoms with van der Waals surface area (Å²) in [6.45, 7) is 0.362. The number of nitrogens with one attached hydrogen (secondary N) is 1. The lowest BCUT2D eigenvalue weighted by atomic mass is 10.4. The Morgan fingerprint density at radius 3 is 3.06 bits per heavy atom. The molecule has 0 spiro atoms. The first-order valence-electron chi connectivity index (χ1n) is 4.87. The Morgan fingerprint density at radius 2 is 2.44 bits per heavy atom. The lowest BCUT2D eigenvalue weighted by Gasteiger charge is -2.11. The van der Waals surface area contributed by atoms with Gasteiger partial charge in [0.1, 0.15) is 5.44 Å². The summed E-state index contributed by atoms with van der Waals surface area (Å²) >= 11 is 1.52. The number of rotatable bonds is 3. The highest BCUT2D eigenvalue weighted by molar-refractivity contribution is 8.00. The van der Waals surface area contributed by atoms with Gasteiger partial charge in [-0.1, -0.05) is 0 Å². The van der Waals surface area contributed by atoms with Gasteiger partial charge in [-0.25, -0.2) is 4.79 Å². The van der Waals surface area contributed by atoms with Crippen LogP contribution in [0.15, 0.2) is 21.9 Å². The van der Waals surface area contributed by atoms with E-state index < -0.39 is 11.2 Å². The van der Waals surface area contributed by atoms with Crippen LogP contribution in [0.5, 0.6) is 0 Å². The van der Waals surface area contributed by atoms with Gasteiger partial charge >= 0.3 is 5.69 Å². The second-order valence-electron chi connectivity index (χ2n) is 3.47. The summed E-state index contributed by atoms with van der Waals surface area (Å²) in [5.41, 5.74) is -1.05. The predicted molar refractivity (Wildman–Crippen MR) is 59.5 cm³/mol. The van der Waals surface area contributed by atoms with Crippen LogP contribution in [0.4, 0.5) is 0 Å². The van der Waals surface area contributed by atoms with E-state index in [4.69, 9.17) is 9.84 Å². The molecule has 1 aromatic heterocycles. The van der Waals surface area contributed by atoms with Crippen molar-refractivity contribution in [1.29, 1.82) is 0 Å². The van der Waals surface area contributed by atoms with Crippen LogP contribution in [0.2, 0.25) is 0 Å². The van der Waals surface area contributed by atoms with Crippen molar-refractivity contribution in [2.45, 2.75) is 18.1 Å². The first-order valence-corrected chi connectivity index (χ1v) is 5.91. The highest BCUT2D eigenvalue weighted by Gasteiger charge is 2.25. The second-order valence-corrected chi connectivity index (χ2v) is 4.66. The maximum atomic E-state index is 11.4. The van der Waals surface area contributed by atoms with Gasteiger partial charge in [0.05, 0.1) is 19.3 Å². The molecule has 0 bridgehead atoms. The number of aromatic nitrogens is 2. The fourth-order valence-corrected chi connectivity index (χ4v) is 2.46. The number of aliphatic hydroxyl groups is 1. The fraction of sp³-hybridized carbons (Fsp3) is 0.556. The molecule has 0 aliphatic carbocycles. The number of thioether (sulfide) groups is 1. The maximum absolute atomic E-state index is 11.4. The van der Waals surface area contributed by atoms with Crippen molar-refractivity contribution in [3.8, 4) is 0 Å². The van der Waals surface area contributed by atoms with E-state index in [-0.39, 0.29) is 18.1 Å². The van der Waals surface area contributed by atoms with Gasteiger partial charge in [0.15, 0.2) is 0 Å². The highest BCUT2D eigenvalue weighted by atomic mass is 32.2. The smallest absolute Gasteiger partial charge is 0.328 e. The van der Waals surface area contributed by atoms with E-state index in [0.717, 1.165) is 5.75 Å². The van der Waals surface area contributed by atoms with E-state index >= 15 is 0 Å². The third kappa shape index (κ3) is 2.55. The van der Waals surface area contributed by atoms with Crippen molar-refractivity contribution in [3.05, 3.63) is 33.1 Å². The summed E-state index contributed by atoms with van der Waals surface area (Å²) in [5.74, 6) is 0.733. The molecule has 1 aliphatic rings. The third-order valence-corrected chi connectivity index (χ3v) is 3.45. The Hall–Kier alpha value is -1.05. The minimum atomic E-state index is -0.437. The standard InChI is InChI=1S/C9H12N2O4S/c12-4-8-15-6(5-16-8)3-11-2-1-7(13)10-9(11)14/h1-2,6,8,12H,3-5H2,(H,10,13,14)/t6-,8-/m1/s1. The molecule has 0 saturated carbocycles. The molecule has 0 aromatic carbocycles. The summed E-state index contributed by atoms with van der Waals surface area (Å²) < 4.78 is 6.86. The van der Waals surface area contributed by atoms with Crippen LogP contribution in [0.1, 0.15) is 0 Å². The highest BCUT2D eigenvalue weighted by Crippen LogP contribution is 2.25. The fourth-order valence-electron chi connectivity index (χ4n) is 1.51. The summed E-state index contributed by atoms with van der Waals surface area (Å²) in [7, 11) is 0. The van der Waals surface area contributed by atoms with Crippen molar-refractivity contribution in [3.63, 3.8) is 0 Å². The van der Waals surface area contributed by atoms with E-state index in [9.17, 15) is 9.59 Å². The molecular weight excluding hydrogens is 232 g/mol. The molecule has 6 nitrogen and oxygen atoms in total. The van der Waals surface area contributed by atoms with Gasteiger partial charge in [-0.05, 0) is 0 Å². The van der Waals surface area contributed by atoms with Crippen molar-refractivity contribution in [2.75, 3.05) is 12.4 Å². The second kappa shape index (κ2) is 4.86. The Kier molecular flexibility index (Phi) is 3.47. The molecule has 2 heterocycles. The number of aliphatic hydroxyl groups excluding tert-OH is 1. The van der Waals surface area contributed by atoms with Crippen molar-refractivity contribution in [2.24, 2.45) is 0 Å². The van der Waals surface area contributed by atoms with Crippen LogP contribution >= 0.6 is 11.8 Å². The van der Waals surface area contributed by atoms with Crippen molar-refractivity contribution >= 4 is 11.8 Å². The third-order valence-electron chi connectivity index (χ3n) is 2.26. The summed E-state index contributed by atoms with van der Waals surface area (Å²) in [6.07, 6.45) is 1.34. The molecule has 2 rings (SSSR count). The monoisotopic (exact) mass is 244 g/mol. The average Bonchev–Trinajstić information content (AvgIpc) is 2.70. The molecule has 1 saturated heterocycles. The minimum absolute atomic E-state index is 0.0261. The summed E-state index contributed by atoms with van der Waals surface area (Å²) in [6, 6.07) is 1.30. The molecule has 0 amide bonds. The zero-order valence-electron chi connectivity index (χ0n) is 8.46. The Morgan fingerprint density at radius 1 is 1.62 bits per heavy atom. The maximum Gasteiger partial charge on any atom is 0.328 e. The number of hydrogen-bond acceptors (Lipinski definition) is 5. The van der Waals surface area contributed by atoms with Gasteiger partial charge in [-0.2, -0.15) is 0 Å². The molecule has 88 valence electrons. The topological polar surface area (TPSA) is 84.3 Å². The van der Waals surface area contributed by atoms with Crippen LogP contribution in [0.3, 0.4) is 0 Å². The van der Waals surface area contributed by atoms with Crippen LogP contribution < -0.4 is 11.2 Å². The van der Waals surface area contributed by atoms with Gasteiger partial charge in [0.25, 0.3) is 5.56 Å². The molecule has 0 radical (unpaired) electrons. The van der Waals surface area contributed by atoms with Crippen LogP contribution in [0.25, 0.3) is 0 Å². The van der Waals surface area contributed by atoms with Gasteiger partial charge in [-0.15, -0.1) is 11.8 Å².